The lowest BCUT2D eigenvalue weighted by Crippen LogP contribution is -2.66. The molecule has 17 unspecified atom stereocenters. The molecule has 17 atom stereocenters. The van der Waals surface area contributed by atoms with Crippen LogP contribution in [0.5, 0.6) is 0 Å². The standard InChI is InChI=1S/C57H97NO18/c1-3-5-7-9-10-11-12-13-14-15-16-17-18-19-20-21-22-23-24-25-26-27-28-29-30-31-33-35-45(63)58-40(41(62)34-32-8-6-4-2)39-71-55-51(69)48(66)53(43(37-60)73-55)76-57-52(70)49(67)54(44(38-61)74-57)75-56-50(68)47(65)46(64)42(36-59)72-56/h5,7,10-11,13-14,16-17,19-20,32,34,40-44,46-57,59-62,64-70H,3-4,6,8-9,12,15,18,21-31,33,35-39H2,1-2H3,(H,58,63)/b7-5-,11-10-,14-13-,17-16-,20-19-,34-32+. The van der Waals surface area contributed by atoms with Crippen LogP contribution in [0.25, 0.3) is 0 Å². The normalized spacial score (nSPS) is 31.5. The molecule has 0 spiro atoms. The van der Waals surface area contributed by atoms with Crippen molar-refractivity contribution in [2.75, 3.05) is 26.4 Å². The van der Waals surface area contributed by atoms with E-state index in [4.69, 9.17) is 28.4 Å². The third-order valence-electron chi connectivity index (χ3n) is 13.8. The molecule has 12 N–H and O–H groups in total. The summed E-state index contributed by atoms with van der Waals surface area (Å²) >= 11 is 0. The number of nitrogens with one attached hydrogen (secondary N) is 1. The van der Waals surface area contributed by atoms with E-state index in [1.165, 1.54) is 38.5 Å². The van der Waals surface area contributed by atoms with Gasteiger partial charge in [0.15, 0.2) is 18.9 Å². The number of hydrogen-bond acceptors (Lipinski definition) is 18. The van der Waals surface area contributed by atoms with Gasteiger partial charge in [0.25, 0.3) is 0 Å². The van der Waals surface area contributed by atoms with Gasteiger partial charge in [-0.05, 0) is 57.8 Å². The molecular weight excluding hydrogens is 987 g/mol. The Bertz CT molecular complexity index is 1670. The van der Waals surface area contributed by atoms with Crippen LogP contribution in [-0.4, -0.2) is 193 Å². The van der Waals surface area contributed by atoms with Crippen molar-refractivity contribution in [3.05, 3.63) is 72.9 Å². The number of allylic oxidation sites excluding steroid dienone is 11. The van der Waals surface area contributed by atoms with E-state index in [0.29, 0.717) is 12.8 Å². The van der Waals surface area contributed by atoms with Gasteiger partial charge in [0, 0.05) is 6.42 Å². The van der Waals surface area contributed by atoms with Crippen molar-refractivity contribution in [2.45, 2.75) is 253 Å². The van der Waals surface area contributed by atoms with Crippen LogP contribution in [0.1, 0.15) is 149 Å². The van der Waals surface area contributed by atoms with Gasteiger partial charge in [0.05, 0.1) is 38.6 Å². The summed E-state index contributed by atoms with van der Waals surface area (Å²) in [7, 11) is 0. The quantitative estimate of drug-likeness (QED) is 0.0307. The highest BCUT2D eigenvalue weighted by molar-refractivity contribution is 5.76. The van der Waals surface area contributed by atoms with Crippen LogP contribution in [0, 0.1) is 0 Å². The van der Waals surface area contributed by atoms with Gasteiger partial charge in [-0.3, -0.25) is 4.79 Å². The maximum absolute atomic E-state index is 13.2. The highest BCUT2D eigenvalue weighted by atomic mass is 16.8. The predicted molar refractivity (Wildman–Crippen MR) is 286 cm³/mol. The number of rotatable bonds is 39. The van der Waals surface area contributed by atoms with Gasteiger partial charge < -0.3 is 89.9 Å². The largest absolute Gasteiger partial charge is 0.394 e. The molecule has 3 saturated heterocycles. The molecule has 3 rings (SSSR count). The number of hydrogen-bond donors (Lipinski definition) is 12. The molecule has 438 valence electrons. The Morgan fingerprint density at radius 2 is 0.908 bits per heavy atom. The second-order valence-electron chi connectivity index (χ2n) is 20.0. The van der Waals surface area contributed by atoms with E-state index in [1.54, 1.807) is 6.08 Å². The van der Waals surface area contributed by atoms with E-state index in [1.807, 2.05) is 13.0 Å². The molecule has 76 heavy (non-hydrogen) atoms. The second kappa shape index (κ2) is 40.4. The van der Waals surface area contributed by atoms with Crippen LogP contribution >= 0.6 is 0 Å². The van der Waals surface area contributed by atoms with Gasteiger partial charge in [0.1, 0.15) is 73.2 Å². The van der Waals surface area contributed by atoms with Crippen LogP contribution in [0.4, 0.5) is 0 Å². The number of carbonyl (C=O) groups excluding carboxylic acids is 1. The monoisotopic (exact) mass is 1080 g/mol. The average Bonchev–Trinajstić information content (AvgIpc) is 3.42. The minimum absolute atomic E-state index is 0.233. The molecule has 19 nitrogen and oxygen atoms in total. The molecule has 3 aliphatic heterocycles. The molecule has 0 aromatic rings. The van der Waals surface area contributed by atoms with Crippen molar-refractivity contribution in [1.29, 1.82) is 0 Å². The molecule has 0 saturated carbocycles. The first-order valence-corrected chi connectivity index (χ1v) is 28.2. The van der Waals surface area contributed by atoms with E-state index in [2.05, 4.69) is 73.0 Å². The van der Waals surface area contributed by atoms with Crippen LogP contribution < -0.4 is 5.32 Å². The van der Waals surface area contributed by atoms with Gasteiger partial charge in [0.2, 0.25) is 5.91 Å². The van der Waals surface area contributed by atoms with Gasteiger partial charge in [-0.25, -0.2) is 0 Å². The summed E-state index contributed by atoms with van der Waals surface area (Å²) in [6, 6.07) is -0.973. The minimum Gasteiger partial charge on any atom is -0.394 e. The lowest BCUT2D eigenvalue weighted by molar-refractivity contribution is -0.379. The van der Waals surface area contributed by atoms with Crippen molar-refractivity contribution in [3.8, 4) is 0 Å². The van der Waals surface area contributed by atoms with E-state index >= 15 is 0 Å². The molecule has 0 radical (unpaired) electrons. The van der Waals surface area contributed by atoms with Crippen molar-refractivity contribution >= 4 is 5.91 Å². The molecule has 1 amide bonds. The third-order valence-corrected chi connectivity index (χ3v) is 13.8. The Morgan fingerprint density at radius 1 is 0.487 bits per heavy atom. The van der Waals surface area contributed by atoms with Gasteiger partial charge in [-0.1, -0.05) is 157 Å². The molecule has 3 heterocycles. The SMILES string of the molecule is CC/C=C\C/C=C\C/C=C\C/C=C\C/C=C\CCCCCCCCCCCCCC(=O)NC(COC1OC(CO)C(OC2OC(CO)C(OC3OC(CO)C(O)C(O)C3O)C(O)C2O)C(O)C1O)C(O)/C=C/CCCC. The molecule has 3 aliphatic rings. The fourth-order valence-corrected chi connectivity index (χ4v) is 9.08. The lowest BCUT2D eigenvalue weighted by atomic mass is 9.96. The summed E-state index contributed by atoms with van der Waals surface area (Å²) in [5.74, 6) is -0.293. The highest BCUT2D eigenvalue weighted by Gasteiger charge is 2.53. The molecule has 0 aromatic carbocycles. The fourth-order valence-electron chi connectivity index (χ4n) is 9.08. The molecule has 19 heteroatoms. The van der Waals surface area contributed by atoms with E-state index in [-0.39, 0.29) is 18.9 Å². The molecule has 0 bridgehead atoms. The summed E-state index contributed by atoms with van der Waals surface area (Å²) in [6.07, 6.45) is 20.0. The molecule has 0 aromatic heterocycles. The third kappa shape index (κ3) is 24.7. The smallest absolute Gasteiger partial charge is 0.220 e. The summed E-state index contributed by atoms with van der Waals surface area (Å²) in [4.78, 5) is 13.2. The summed E-state index contributed by atoms with van der Waals surface area (Å²) in [5, 5.41) is 119. The lowest BCUT2D eigenvalue weighted by Gasteiger charge is -2.48. The van der Waals surface area contributed by atoms with Gasteiger partial charge in [-0.2, -0.15) is 0 Å². The van der Waals surface area contributed by atoms with Crippen molar-refractivity contribution in [1.82, 2.24) is 5.32 Å². The zero-order valence-corrected chi connectivity index (χ0v) is 45.2. The summed E-state index contributed by atoms with van der Waals surface area (Å²) in [5.41, 5.74) is 0. The van der Waals surface area contributed by atoms with Crippen LogP contribution in [0.15, 0.2) is 72.9 Å². The van der Waals surface area contributed by atoms with Gasteiger partial charge in [-0.15, -0.1) is 0 Å². The highest BCUT2D eigenvalue weighted by Crippen LogP contribution is 2.33. The fraction of sp³-hybridized carbons (Fsp3) is 0.772. The molecule has 0 aliphatic carbocycles. The number of unbranched alkanes of at least 4 members (excludes halogenated alkanes) is 13. The van der Waals surface area contributed by atoms with Crippen LogP contribution in [-0.2, 0) is 33.2 Å². The number of aliphatic hydroxyl groups excluding tert-OH is 11. The summed E-state index contributed by atoms with van der Waals surface area (Å²) in [6.45, 7) is 1.40. The number of carbonyl (C=O) groups is 1. The first-order valence-electron chi connectivity index (χ1n) is 28.2. The summed E-state index contributed by atoms with van der Waals surface area (Å²) < 4.78 is 34.0. The Balaban J connectivity index is 1.36. The van der Waals surface area contributed by atoms with E-state index in [0.717, 1.165) is 77.0 Å². The zero-order chi connectivity index (χ0) is 55.5. The number of amides is 1. The average molecular weight is 1080 g/mol. The maximum atomic E-state index is 13.2. The van der Waals surface area contributed by atoms with Crippen LogP contribution in [0.2, 0.25) is 0 Å². The second-order valence-corrected chi connectivity index (χ2v) is 20.0. The topological polar surface area (TPSA) is 307 Å². The first-order chi connectivity index (χ1) is 36.8. The zero-order valence-electron chi connectivity index (χ0n) is 45.2. The number of ether oxygens (including phenoxy) is 6. The molecule has 3 fully saturated rings. The van der Waals surface area contributed by atoms with Gasteiger partial charge >= 0.3 is 0 Å². The molecular formula is C57H97NO18. The maximum Gasteiger partial charge on any atom is 0.220 e. The minimum atomic E-state index is -1.98. The van der Waals surface area contributed by atoms with Crippen LogP contribution in [0.3, 0.4) is 0 Å². The number of aliphatic hydroxyl groups is 11. The first kappa shape index (κ1) is 67.5. The Hall–Kier alpha value is -2.77. The van der Waals surface area contributed by atoms with Crippen molar-refractivity contribution < 1.29 is 89.4 Å². The Labute approximate surface area is 451 Å². The van der Waals surface area contributed by atoms with Crippen molar-refractivity contribution in [2.24, 2.45) is 0 Å². The van der Waals surface area contributed by atoms with E-state index in [9.17, 15) is 61.0 Å². The Kier molecular flexibility index (Phi) is 35.9. The Morgan fingerprint density at radius 3 is 1.41 bits per heavy atom. The van der Waals surface area contributed by atoms with E-state index < -0.39 is 124 Å². The predicted octanol–water partition coefficient (Wildman–Crippen LogP) is 3.87. The van der Waals surface area contributed by atoms with Crippen molar-refractivity contribution in [3.63, 3.8) is 0 Å².